The van der Waals surface area contributed by atoms with Gasteiger partial charge in [0.15, 0.2) is 11.4 Å². The Bertz CT molecular complexity index is 1860. The summed E-state index contributed by atoms with van der Waals surface area (Å²) in [5.41, 5.74) is 6.42. The first-order valence-electron chi connectivity index (χ1n) is 15.1. The van der Waals surface area contributed by atoms with E-state index in [1.165, 1.54) is 4.90 Å². The summed E-state index contributed by atoms with van der Waals surface area (Å²) in [5, 5.41) is 18.5. The van der Waals surface area contributed by atoms with Gasteiger partial charge in [0, 0.05) is 24.8 Å². The Balaban J connectivity index is 1.12. The van der Waals surface area contributed by atoms with Crippen LogP contribution in [0.1, 0.15) is 61.8 Å². The van der Waals surface area contributed by atoms with Gasteiger partial charge in [-0.25, -0.2) is 0 Å². The van der Waals surface area contributed by atoms with Crippen LogP contribution in [0, 0.1) is 0 Å². The second-order valence-corrected chi connectivity index (χ2v) is 12.4. The van der Waals surface area contributed by atoms with Crippen LogP contribution in [0.2, 0.25) is 0 Å². The molecule has 3 atom stereocenters. The van der Waals surface area contributed by atoms with Gasteiger partial charge in [-0.3, -0.25) is 14.5 Å². The number of fused-ring (bicyclic) bond motifs is 1. The van der Waals surface area contributed by atoms with E-state index in [-0.39, 0.29) is 37.2 Å². The van der Waals surface area contributed by atoms with Crippen molar-refractivity contribution in [2.75, 3.05) is 5.75 Å². The van der Waals surface area contributed by atoms with Crippen LogP contribution >= 0.6 is 11.8 Å². The van der Waals surface area contributed by atoms with E-state index in [1.807, 2.05) is 78.3 Å². The summed E-state index contributed by atoms with van der Waals surface area (Å²) in [7, 11) is 1.92. The Morgan fingerprint density at radius 2 is 1.54 bits per heavy atom. The van der Waals surface area contributed by atoms with Gasteiger partial charge >= 0.3 is 0 Å². The third-order valence-electron chi connectivity index (χ3n) is 8.32. The lowest BCUT2D eigenvalue weighted by Gasteiger charge is -2.36. The molecule has 1 aromatic heterocycles. The molecule has 10 heteroatoms. The molecule has 0 bridgehead atoms. The van der Waals surface area contributed by atoms with Gasteiger partial charge in [-0.15, -0.1) is 10.2 Å². The van der Waals surface area contributed by atoms with E-state index in [4.69, 9.17) is 9.47 Å². The zero-order valence-electron chi connectivity index (χ0n) is 25.2. The van der Waals surface area contributed by atoms with Gasteiger partial charge in [0.2, 0.25) is 0 Å². The van der Waals surface area contributed by atoms with Crippen LogP contribution < -0.4 is 0 Å². The van der Waals surface area contributed by atoms with Gasteiger partial charge in [-0.05, 0) is 52.1 Å². The molecule has 0 aliphatic carbocycles. The number of aromatic nitrogens is 3. The number of thioether (sulfide) groups is 1. The van der Waals surface area contributed by atoms with Crippen molar-refractivity contribution in [3.63, 3.8) is 0 Å². The van der Waals surface area contributed by atoms with Crippen LogP contribution in [0.25, 0.3) is 11.1 Å². The summed E-state index contributed by atoms with van der Waals surface area (Å²) >= 11 is 1.60. The smallest absolute Gasteiger partial charge is 0.261 e. The summed E-state index contributed by atoms with van der Waals surface area (Å²) in [5.74, 6) is 0.135. The minimum Gasteiger partial charge on any atom is -0.392 e. The number of rotatable bonds is 9. The third kappa shape index (κ3) is 6.12. The molecule has 2 aliphatic heterocycles. The van der Waals surface area contributed by atoms with Crippen molar-refractivity contribution in [3.8, 4) is 11.1 Å². The van der Waals surface area contributed by atoms with E-state index in [2.05, 4.69) is 16.3 Å². The van der Waals surface area contributed by atoms with Crippen LogP contribution in [-0.4, -0.2) is 48.4 Å². The molecule has 1 saturated heterocycles. The summed E-state index contributed by atoms with van der Waals surface area (Å²) in [4.78, 5) is 27.2. The Hall–Kier alpha value is -4.61. The standard InChI is InChI=1S/C36H32N4O5S/c1-39-22-37-38-36(39)46-21-29-18-32(25-14-12-23(20-41)13-15-25)45-35(44-29)28-9-5-8-27(17-28)26-7-4-6-24(16-26)19-40-33(42)30-10-2-3-11-31(30)34(40)43/h2-17,22,29,32,35,41H,18-21H2,1H3/t29-,32+,35+/m1/s1. The van der Waals surface area contributed by atoms with Crippen molar-refractivity contribution in [1.29, 1.82) is 0 Å². The number of hydrogen-bond acceptors (Lipinski definition) is 8. The fourth-order valence-electron chi connectivity index (χ4n) is 5.87. The number of nitrogens with zero attached hydrogens (tertiary/aromatic N) is 4. The van der Waals surface area contributed by atoms with Crippen molar-refractivity contribution in [2.45, 2.75) is 43.2 Å². The van der Waals surface area contributed by atoms with Gasteiger partial charge in [0.1, 0.15) is 6.33 Å². The maximum absolute atomic E-state index is 13.0. The molecule has 2 aliphatic rings. The van der Waals surface area contributed by atoms with Crippen LogP contribution in [-0.2, 0) is 29.7 Å². The fourth-order valence-corrected chi connectivity index (χ4v) is 6.78. The number of aryl methyl sites for hydroxylation is 1. The molecule has 4 aromatic carbocycles. The molecule has 3 heterocycles. The van der Waals surface area contributed by atoms with Gasteiger partial charge in [0.25, 0.3) is 11.8 Å². The minimum absolute atomic E-state index is 0.0131. The molecule has 46 heavy (non-hydrogen) atoms. The lowest BCUT2D eigenvalue weighted by Crippen LogP contribution is -2.31. The highest BCUT2D eigenvalue weighted by Gasteiger charge is 2.35. The fraction of sp³-hybridized carbons (Fsp3) is 0.222. The highest BCUT2D eigenvalue weighted by Crippen LogP contribution is 2.40. The number of aliphatic hydroxyl groups excluding tert-OH is 1. The average molecular weight is 633 g/mol. The second kappa shape index (κ2) is 13.0. The number of benzene rings is 4. The van der Waals surface area contributed by atoms with Crippen molar-refractivity contribution < 1.29 is 24.2 Å². The van der Waals surface area contributed by atoms with Crippen LogP contribution in [0.3, 0.4) is 0 Å². The Labute approximate surface area is 270 Å². The molecule has 9 nitrogen and oxygen atoms in total. The van der Waals surface area contributed by atoms with Gasteiger partial charge in [-0.2, -0.15) is 0 Å². The summed E-state index contributed by atoms with van der Waals surface area (Å²) in [6, 6.07) is 30.7. The summed E-state index contributed by atoms with van der Waals surface area (Å²) < 4.78 is 15.0. The Morgan fingerprint density at radius 3 is 2.24 bits per heavy atom. The predicted octanol–water partition coefficient (Wildman–Crippen LogP) is 6.11. The zero-order chi connectivity index (χ0) is 31.6. The second-order valence-electron chi connectivity index (χ2n) is 11.5. The molecule has 1 N–H and O–H groups in total. The first kappa shape index (κ1) is 30.1. The molecular formula is C36H32N4O5S. The maximum Gasteiger partial charge on any atom is 0.261 e. The number of hydrogen-bond donors (Lipinski definition) is 1. The molecule has 5 aromatic rings. The molecule has 2 amide bonds. The highest BCUT2D eigenvalue weighted by molar-refractivity contribution is 7.99. The largest absolute Gasteiger partial charge is 0.392 e. The van der Waals surface area contributed by atoms with Crippen molar-refractivity contribution >= 4 is 23.6 Å². The predicted molar refractivity (Wildman–Crippen MR) is 173 cm³/mol. The first-order chi connectivity index (χ1) is 22.5. The summed E-state index contributed by atoms with van der Waals surface area (Å²) in [6.45, 7) is 0.178. The van der Waals surface area contributed by atoms with Crippen LogP contribution in [0.4, 0.5) is 0 Å². The average Bonchev–Trinajstić information content (AvgIpc) is 3.63. The molecule has 232 valence electrons. The lowest BCUT2D eigenvalue weighted by molar-refractivity contribution is -0.245. The number of carbonyl (C=O) groups excluding carboxylic acids is 2. The highest BCUT2D eigenvalue weighted by atomic mass is 32.2. The lowest BCUT2D eigenvalue weighted by atomic mass is 9.99. The van der Waals surface area contributed by atoms with E-state index in [0.29, 0.717) is 23.3 Å². The van der Waals surface area contributed by atoms with E-state index < -0.39 is 6.29 Å². The summed E-state index contributed by atoms with van der Waals surface area (Å²) in [6.07, 6.45) is 1.42. The minimum atomic E-state index is -0.608. The third-order valence-corrected chi connectivity index (χ3v) is 9.49. The molecular weight excluding hydrogens is 600 g/mol. The van der Waals surface area contributed by atoms with E-state index in [1.54, 1.807) is 42.4 Å². The number of amides is 2. The molecule has 7 rings (SSSR count). The Morgan fingerprint density at radius 1 is 0.826 bits per heavy atom. The molecule has 0 radical (unpaired) electrons. The van der Waals surface area contributed by atoms with Gasteiger partial charge in [-0.1, -0.05) is 84.6 Å². The molecule has 0 saturated carbocycles. The number of ether oxygens (including phenoxy) is 2. The normalized spacial score (nSPS) is 19.4. The van der Waals surface area contributed by atoms with Crippen molar-refractivity contribution in [2.24, 2.45) is 7.05 Å². The molecule has 0 unspecified atom stereocenters. The SMILES string of the molecule is Cn1cnnc1SC[C@H]1C[C@@H](c2ccc(CO)cc2)O[C@@H](c2cccc(-c3cccc(CN4C(=O)c5ccccc5C4=O)c3)c2)O1. The molecule has 0 spiro atoms. The van der Waals surface area contributed by atoms with Gasteiger partial charge < -0.3 is 19.1 Å². The van der Waals surface area contributed by atoms with Crippen molar-refractivity contribution in [3.05, 3.63) is 137 Å². The van der Waals surface area contributed by atoms with E-state index in [0.717, 1.165) is 38.5 Å². The number of imide groups is 1. The van der Waals surface area contributed by atoms with Crippen LogP contribution in [0.15, 0.2) is 109 Å². The van der Waals surface area contributed by atoms with E-state index >= 15 is 0 Å². The number of aliphatic hydroxyl groups is 1. The first-order valence-corrected chi connectivity index (χ1v) is 16.1. The Kier molecular flexibility index (Phi) is 8.51. The van der Waals surface area contributed by atoms with Crippen LogP contribution in [0.5, 0.6) is 0 Å². The quantitative estimate of drug-likeness (QED) is 0.153. The monoisotopic (exact) mass is 632 g/mol. The zero-order valence-corrected chi connectivity index (χ0v) is 26.0. The van der Waals surface area contributed by atoms with E-state index in [9.17, 15) is 14.7 Å². The van der Waals surface area contributed by atoms with Gasteiger partial charge in [0.05, 0.1) is 36.5 Å². The molecule has 1 fully saturated rings. The number of carbonyl (C=O) groups is 2. The maximum atomic E-state index is 13.0. The topological polar surface area (TPSA) is 107 Å². The van der Waals surface area contributed by atoms with Crippen molar-refractivity contribution in [1.82, 2.24) is 19.7 Å².